The number of carbonyl (C=O) groups is 1. The zero-order valence-electron chi connectivity index (χ0n) is 12.4. The topological polar surface area (TPSA) is 32.3 Å². The molecule has 0 aromatic heterocycles. The van der Waals surface area contributed by atoms with Crippen LogP contribution < -0.4 is 10.2 Å². The summed E-state index contributed by atoms with van der Waals surface area (Å²) < 4.78 is 13.6. The summed E-state index contributed by atoms with van der Waals surface area (Å²) in [5.41, 5.74) is 2.66. The number of para-hydroxylation sites is 1. The lowest BCUT2D eigenvalue weighted by Gasteiger charge is -2.23. The van der Waals surface area contributed by atoms with E-state index < -0.39 is 0 Å². The molecule has 3 nitrogen and oxygen atoms in total. The fourth-order valence-corrected chi connectivity index (χ4v) is 2.81. The highest BCUT2D eigenvalue weighted by molar-refractivity contribution is 5.92. The van der Waals surface area contributed by atoms with E-state index in [9.17, 15) is 9.18 Å². The van der Waals surface area contributed by atoms with Gasteiger partial charge < -0.3 is 5.32 Å². The van der Waals surface area contributed by atoms with Crippen LogP contribution in [0.4, 0.5) is 14.9 Å². The van der Waals surface area contributed by atoms with Gasteiger partial charge in [0.1, 0.15) is 5.82 Å². The summed E-state index contributed by atoms with van der Waals surface area (Å²) in [4.78, 5) is 14.3. The Morgan fingerprint density at radius 2 is 1.86 bits per heavy atom. The molecule has 0 aliphatic carbocycles. The number of halogens is 1. The highest BCUT2D eigenvalue weighted by atomic mass is 19.1. The first-order valence-corrected chi connectivity index (χ1v) is 7.62. The van der Waals surface area contributed by atoms with Gasteiger partial charge in [-0.3, -0.25) is 4.90 Å². The van der Waals surface area contributed by atoms with E-state index >= 15 is 0 Å². The molecular formula is C18H19FN2O. The van der Waals surface area contributed by atoms with Crippen molar-refractivity contribution in [2.75, 3.05) is 11.4 Å². The molecule has 1 aliphatic rings. The zero-order valence-corrected chi connectivity index (χ0v) is 12.4. The SMILES string of the molecule is O=C(NCc1ccccc1F)N1CCCCc2ccccc21. The zero-order chi connectivity index (χ0) is 15.4. The van der Waals surface area contributed by atoms with Crippen LogP contribution in [0.3, 0.4) is 0 Å². The molecular weight excluding hydrogens is 279 g/mol. The Morgan fingerprint density at radius 3 is 2.73 bits per heavy atom. The number of amides is 2. The van der Waals surface area contributed by atoms with Crippen LogP contribution in [0.2, 0.25) is 0 Å². The summed E-state index contributed by atoms with van der Waals surface area (Å²) >= 11 is 0. The van der Waals surface area contributed by atoms with Gasteiger partial charge in [-0.25, -0.2) is 9.18 Å². The number of nitrogens with one attached hydrogen (secondary N) is 1. The second-order valence-corrected chi connectivity index (χ2v) is 5.49. The summed E-state index contributed by atoms with van der Waals surface area (Å²) in [6.07, 6.45) is 3.04. The van der Waals surface area contributed by atoms with Crippen molar-refractivity contribution >= 4 is 11.7 Å². The minimum Gasteiger partial charge on any atom is -0.334 e. The molecule has 22 heavy (non-hydrogen) atoms. The van der Waals surface area contributed by atoms with Crippen LogP contribution in [-0.2, 0) is 13.0 Å². The van der Waals surface area contributed by atoms with Crippen LogP contribution in [0.5, 0.6) is 0 Å². The van der Waals surface area contributed by atoms with Crippen LogP contribution in [0.25, 0.3) is 0 Å². The first-order chi connectivity index (χ1) is 10.8. The van der Waals surface area contributed by atoms with Gasteiger partial charge in [0.25, 0.3) is 0 Å². The van der Waals surface area contributed by atoms with E-state index in [1.807, 2.05) is 18.2 Å². The third-order valence-electron chi connectivity index (χ3n) is 3.99. The molecule has 0 fully saturated rings. The molecule has 1 aliphatic heterocycles. The van der Waals surface area contributed by atoms with Crippen molar-refractivity contribution in [3.63, 3.8) is 0 Å². The van der Waals surface area contributed by atoms with Crippen molar-refractivity contribution in [2.45, 2.75) is 25.8 Å². The maximum absolute atomic E-state index is 13.6. The highest BCUT2D eigenvalue weighted by Gasteiger charge is 2.20. The fourth-order valence-electron chi connectivity index (χ4n) is 2.81. The second kappa shape index (κ2) is 6.60. The van der Waals surface area contributed by atoms with Gasteiger partial charge in [-0.1, -0.05) is 36.4 Å². The largest absolute Gasteiger partial charge is 0.334 e. The molecule has 1 heterocycles. The van der Waals surface area contributed by atoms with Gasteiger partial charge in [-0.2, -0.15) is 0 Å². The number of benzene rings is 2. The van der Waals surface area contributed by atoms with Crippen LogP contribution in [0.1, 0.15) is 24.0 Å². The molecule has 0 saturated carbocycles. The monoisotopic (exact) mass is 298 g/mol. The van der Waals surface area contributed by atoms with Crippen LogP contribution in [-0.4, -0.2) is 12.6 Å². The lowest BCUT2D eigenvalue weighted by Crippen LogP contribution is -2.40. The van der Waals surface area contributed by atoms with Crippen molar-refractivity contribution in [1.82, 2.24) is 5.32 Å². The van der Waals surface area contributed by atoms with Crippen molar-refractivity contribution < 1.29 is 9.18 Å². The Balaban J connectivity index is 1.73. The lowest BCUT2D eigenvalue weighted by molar-refractivity contribution is 0.245. The van der Waals surface area contributed by atoms with Crippen LogP contribution >= 0.6 is 0 Å². The molecule has 1 N–H and O–H groups in total. The number of hydrogen-bond acceptors (Lipinski definition) is 1. The molecule has 2 aromatic carbocycles. The number of rotatable bonds is 2. The molecule has 0 atom stereocenters. The van der Waals surface area contributed by atoms with Crippen molar-refractivity contribution in [1.29, 1.82) is 0 Å². The smallest absolute Gasteiger partial charge is 0.322 e. The van der Waals surface area contributed by atoms with Gasteiger partial charge in [0.2, 0.25) is 0 Å². The minimum absolute atomic E-state index is 0.169. The number of fused-ring (bicyclic) bond motifs is 1. The average molecular weight is 298 g/mol. The predicted octanol–water partition coefficient (Wildman–Crippen LogP) is 3.88. The number of hydrogen-bond donors (Lipinski definition) is 1. The number of aryl methyl sites for hydroxylation is 1. The molecule has 4 heteroatoms. The molecule has 0 bridgehead atoms. The standard InChI is InChI=1S/C18H19FN2O/c19-16-10-3-1-9-15(16)13-20-18(22)21-12-6-5-8-14-7-2-4-11-17(14)21/h1-4,7,9-11H,5-6,8,12-13H2,(H,20,22). The van der Waals surface area contributed by atoms with E-state index in [2.05, 4.69) is 11.4 Å². The summed E-state index contributed by atoms with van der Waals surface area (Å²) in [6, 6.07) is 14.3. The van der Waals surface area contributed by atoms with E-state index in [0.29, 0.717) is 12.1 Å². The maximum atomic E-state index is 13.6. The van der Waals surface area contributed by atoms with Gasteiger partial charge in [-0.15, -0.1) is 0 Å². The van der Waals surface area contributed by atoms with Gasteiger partial charge in [0.05, 0.1) is 0 Å². The Hall–Kier alpha value is -2.36. The summed E-state index contributed by atoms with van der Waals surface area (Å²) in [5, 5.41) is 2.83. The lowest BCUT2D eigenvalue weighted by atomic mass is 10.1. The quantitative estimate of drug-likeness (QED) is 0.896. The van der Waals surface area contributed by atoms with Gasteiger partial charge in [0, 0.05) is 24.3 Å². The van der Waals surface area contributed by atoms with Crippen LogP contribution in [0, 0.1) is 5.82 Å². The van der Waals surface area contributed by atoms with Crippen LogP contribution in [0.15, 0.2) is 48.5 Å². The van der Waals surface area contributed by atoms with Gasteiger partial charge in [-0.05, 0) is 37.0 Å². The predicted molar refractivity (Wildman–Crippen MR) is 85.4 cm³/mol. The van der Waals surface area contributed by atoms with Crippen molar-refractivity contribution in [2.24, 2.45) is 0 Å². The number of carbonyl (C=O) groups excluding carboxylic acids is 1. The number of anilines is 1. The summed E-state index contributed by atoms with van der Waals surface area (Å²) in [7, 11) is 0. The van der Waals surface area contributed by atoms with E-state index in [1.54, 1.807) is 23.1 Å². The number of urea groups is 1. The summed E-state index contributed by atoms with van der Waals surface area (Å²) in [5.74, 6) is -0.293. The Morgan fingerprint density at radius 1 is 1.09 bits per heavy atom. The first kappa shape index (κ1) is 14.6. The van der Waals surface area contributed by atoms with E-state index in [0.717, 1.165) is 24.9 Å². The average Bonchev–Trinajstić information content (AvgIpc) is 2.76. The molecule has 0 saturated heterocycles. The third kappa shape index (κ3) is 3.11. The molecule has 0 unspecified atom stereocenters. The highest BCUT2D eigenvalue weighted by Crippen LogP contribution is 2.26. The van der Waals surface area contributed by atoms with E-state index in [4.69, 9.17) is 0 Å². The fraction of sp³-hybridized carbons (Fsp3) is 0.278. The van der Waals surface area contributed by atoms with Crippen molar-refractivity contribution in [3.8, 4) is 0 Å². The Kier molecular flexibility index (Phi) is 4.37. The second-order valence-electron chi connectivity index (χ2n) is 5.49. The molecule has 3 rings (SSSR count). The number of nitrogens with zero attached hydrogens (tertiary/aromatic N) is 1. The third-order valence-corrected chi connectivity index (χ3v) is 3.99. The molecule has 114 valence electrons. The normalized spacial score (nSPS) is 14.1. The minimum atomic E-state index is -0.293. The first-order valence-electron chi connectivity index (χ1n) is 7.62. The van der Waals surface area contributed by atoms with E-state index in [1.165, 1.54) is 11.6 Å². The molecule has 0 spiro atoms. The Labute approximate surface area is 129 Å². The van der Waals surface area contributed by atoms with Gasteiger partial charge in [0.15, 0.2) is 0 Å². The van der Waals surface area contributed by atoms with E-state index in [-0.39, 0.29) is 18.4 Å². The molecule has 2 aromatic rings. The molecule has 2 amide bonds. The maximum Gasteiger partial charge on any atom is 0.322 e. The summed E-state index contributed by atoms with van der Waals surface area (Å²) in [6.45, 7) is 0.893. The van der Waals surface area contributed by atoms with Gasteiger partial charge >= 0.3 is 6.03 Å². The Bertz CT molecular complexity index is 672. The van der Waals surface area contributed by atoms with Crippen molar-refractivity contribution in [3.05, 3.63) is 65.5 Å². The molecule has 0 radical (unpaired) electrons.